The highest BCUT2D eigenvalue weighted by molar-refractivity contribution is 5.90. The number of likely N-dealkylation sites (N-methyl/N-ethyl adjacent to an activating group) is 1. The van der Waals surface area contributed by atoms with Crippen LogP contribution in [0.25, 0.3) is 0 Å². The van der Waals surface area contributed by atoms with Gasteiger partial charge in [0.15, 0.2) is 12.4 Å². The Balaban J connectivity index is 2.04. The first-order valence-electron chi connectivity index (χ1n) is 8.22. The Morgan fingerprint density at radius 2 is 1.89 bits per heavy atom. The van der Waals surface area contributed by atoms with Gasteiger partial charge in [0.05, 0.1) is 24.7 Å². The molecule has 0 fully saturated rings. The number of nitrogens with zero attached hydrogens (tertiary/aromatic N) is 2. The average molecular weight is 388 g/mol. The number of carbonyl (C=O) groups excluding carboxylic acids is 2. The summed E-state index contributed by atoms with van der Waals surface area (Å²) in [7, 11) is 4.33. The number of esters is 1. The Kier molecular flexibility index (Phi) is 6.91. The van der Waals surface area contributed by atoms with Crippen LogP contribution in [0.2, 0.25) is 0 Å². The summed E-state index contributed by atoms with van der Waals surface area (Å²) < 4.78 is 15.0. The van der Waals surface area contributed by atoms with E-state index in [4.69, 9.17) is 9.47 Å². The molecule has 0 aromatic heterocycles. The molecule has 2 rings (SSSR count). The van der Waals surface area contributed by atoms with Crippen LogP contribution in [-0.4, -0.2) is 49.6 Å². The van der Waals surface area contributed by atoms with Crippen LogP contribution >= 0.6 is 0 Å². The molecule has 0 atom stereocenters. The molecule has 0 N–H and O–H groups in total. The minimum absolute atomic E-state index is 0.0167. The predicted octanol–water partition coefficient (Wildman–Crippen LogP) is 2.43. The summed E-state index contributed by atoms with van der Waals surface area (Å²) in [5.41, 5.74) is 0.456. The number of benzene rings is 2. The van der Waals surface area contributed by atoms with Gasteiger partial charge in [-0.15, -0.1) is 0 Å². The molecule has 28 heavy (non-hydrogen) atoms. The van der Waals surface area contributed by atoms with Crippen molar-refractivity contribution in [2.24, 2.45) is 0 Å². The van der Waals surface area contributed by atoms with Crippen LogP contribution in [-0.2, 0) is 16.1 Å². The second-order valence-electron chi connectivity index (χ2n) is 5.82. The molecule has 2 aromatic carbocycles. The molecule has 1 amide bonds. The van der Waals surface area contributed by atoms with Crippen LogP contribution in [0, 0.1) is 10.1 Å². The summed E-state index contributed by atoms with van der Waals surface area (Å²) >= 11 is 0. The minimum Gasteiger partial charge on any atom is -0.497 e. The van der Waals surface area contributed by atoms with E-state index in [1.54, 1.807) is 26.3 Å². The topological polar surface area (TPSA) is 108 Å². The van der Waals surface area contributed by atoms with Gasteiger partial charge in [-0.3, -0.25) is 14.9 Å². The minimum atomic E-state index is -0.705. The summed E-state index contributed by atoms with van der Waals surface area (Å²) in [5, 5.41) is 11.2. The van der Waals surface area contributed by atoms with E-state index in [1.165, 1.54) is 24.1 Å². The molecule has 0 aliphatic carbocycles. The normalized spacial score (nSPS) is 10.1. The zero-order chi connectivity index (χ0) is 20.7. The Morgan fingerprint density at radius 1 is 1.14 bits per heavy atom. The molecular weight excluding hydrogens is 368 g/mol. The fraction of sp³-hybridized carbons (Fsp3) is 0.263. The van der Waals surface area contributed by atoms with E-state index < -0.39 is 23.2 Å². The predicted molar refractivity (Wildman–Crippen MR) is 99.4 cm³/mol. The largest absolute Gasteiger partial charge is 0.497 e. The van der Waals surface area contributed by atoms with Crippen LogP contribution in [0.5, 0.6) is 11.5 Å². The standard InChI is InChI=1S/C19H20N2O7/c1-20(11-13-5-4-6-15(9-13)26-2)18(22)12-28-17-8-7-14(19(23)27-3)10-16(17)21(24)25/h4-10H,11-12H2,1-3H3. The van der Waals surface area contributed by atoms with E-state index in [2.05, 4.69) is 4.74 Å². The van der Waals surface area contributed by atoms with E-state index in [9.17, 15) is 19.7 Å². The molecule has 9 heteroatoms. The molecular formula is C19H20N2O7. The van der Waals surface area contributed by atoms with E-state index in [1.807, 2.05) is 12.1 Å². The third-order valence-corrected chi connectivity index (χ3v) is 3.91. The van der Waals surface area contributed by atoms with Crippen LogP contribution in [0.15, 0.2) is 42.5 Å². The maximum atomic E-state index is 12.3. The van der Waals surface area contributed by atoms with Crippen molar-refractivity contribution in [1.82, 2.24) is 4.90 Å². The first kappa shape index (κ1) is 20.7. The van der Waals surface area contributed by atoms with Gasteiger partial charge in [-0.2, -0.15) is 0 Å². The van der Waals surface area contributed by atoms with Gasteiger partial charge in [-0.1, -0.05) is 12.1 Å². The van der Waals surface area contributed by atoms with E-state index in [0.29, 0.717) is 12.3 Å². The van der Waals surface area contributed by atoms with Crippen LogP contribution in [0.1, 0.15) is 15.9 Å². The number of nitro groups is 1. The molecule has 0 heterocycles. The number of rotatable bonds is 8. The monoisotopic (exact) mass is 388 g/mol. The highest BCUT2D eigenvalue weighted by Crippen LogP contribution is 2.28. The number of amides is 1. The number of nitro benzene ring substituents is 1. The van der Waals surface area contributed by atoms with Crippen molar-refractivity contribution in [2.45, 2.75) is 6.54 Å². The van der Waals surface area contributed by atoms with Crippen molar-refractivity contribution in [3.8, 4) is 11.5 Å². The van der Waals surface area contributed by atoms with Gasteiger partial charge in [0, 0.05) is 19.7 Å². The van der Waals surface area contributed by atoms with Crippen molar-refractivity contribution in [2.75, 3.05) is 27.9 Å². The van der Waals surface area contributed by atoms with Gasteiger partial charge in [0.2, 0.25) is 0 Å². The average Bonchev–Trinajstić information content (AvgIpc) is 2.71. The van der Waals surface area contributed by atoms with Gasteiger partial charge in [0.1, 0.15) is 5.75 Å². The quantitative estimate of drug-likeness (QED) is 0.388. The zero-order valence-corrected chi connectivity index (χ0v) is 15.7. The first-order chi connectivity index (χ1) is 13.3. The molecule has 9 nitrogen and oxygen atoms in total. The fourth-order valence-electron chi connectivity index (χ4n) is 2.41. The van der Waals surface area contributed by atoms with Gasteiger partial charge >= 0.3 is 11.7 Å². The molecule has 148 valence electrons. The smallest absolute Gasteiger partial charge is 0.338 e. The van der Waals surface area contributed by atoms with Crippen molar-refractivity contribution >= 4 is 17.6 Å². The third-order valence-electron chi connectivity index (χ3n) is 3.91. The second-order valence-corrected chi connectivity index (χ2v) is 5.82. The summed E-state index contributed by atoms with van der Waals surface area (Å²) in [4.78, 5) is 35.8. The Labute approximate surface area is 161 Å². The highest BCUT2D eigenvalue weighted by Gasteiger charge is 2.20. The molecule has 0 spiro atoms. The summed E-state index contributed by atoms with van der Waals surface area (Å²) in [5.74, 6) is -0.505. The Bertz CT molecular complexity index is 882. The Morgan fingerprint density at radius 3 is 2.54 bits per heavy atom. The van der Waals surface area contributed by atoms with Crippen LogP contribution in [0.4, 0.5) is 5.69 Å². The SMILES string of the molecule is COC(=O)c1ccc(OCC(=O)N(C)Cc2cccc(OC)c2)c([N+](=O)[O-])c1. The summed E-state index contributed by atoms with van der Waals surface area (Å²) in [6.45, 7) is -0.0678. The molecule has 2 aromatic rings. The maximum Gasteiger partial charge on any atom is 0.338 e. The highest BCUT2D eigenvalue weighted by atomic mass is 16.6. The summed E-state index contributed by atoms with van der Waals surface area (Å²) in [6, 6.07) is 10.9. The van der Waals surface area contributed by atoms with E-state index in [-0.39, 0.29) is 17.2 Å². The number of methoxy groups -OCH3 is 2. The van der Waals surface area contributed by atoms with Gasteiger partial charge in [-0.05, 0) is 29.8 Å². The number of hydrogen-bond donors (Lipinski definition) is 0. The fourth-order valence-corrected chi connectivity index (χ4v) is 2.41. The van der Waals surface area contributed by atoms with Crippen LogP contribution < -0.4 is 9.47 Å². The van der Waals surface area contributed by atoms with E-state index >= 15 is 0 Å². The zero-order valence-electron chi connectivity index (χ0n) is 15.7. The lowest BCUT2D eigenvalue weighted by Gasteiger charge is -2.18. The second kappa shape index (κ2) is 9.36. The molecule has 0 saturated carbocycles. The number of ether oxygens (including phenoxy) is 3. The van der Waals surface area contributed by atoms with Gasteiger partial charge in [0.25, 0.3) is 5.91 Å². The van der Waals surface area contributed by atoms with Crippen LogP contribution in [0.3, 0.4) is 0 Å². The molecule has 0 aliphatic heterocycles. The van der Waals surface area contributed by atoms with Crippen molar-refractivity contribution in [3.63, 3.8) is 0 Å². The molecule has 0 bridgehead atoms. The molecule has 0 saturated heterocycles. The van der Waals surface area contributed by atoms with Gasteiger partial charge < -0.3 is 19.1 Å². The van der Waals surface area contributed by atoms with Crippen molar-refractivity contribution < 1.29 is 28.7 Å². The van der Waals surface area contributed by atoms with E-state index in [0.717, 1.165) is 11.6 Å². The number of hydrogen-bond acceptors (Lipinski definition) is 7. The van der Waals surface area contributed by atoms with Crippen molar-refractivity contribution in [3.05, 3.63) is 63.7 Å². The molecule has 0 unspecified atom stereocenters. The molecule has 0 radical (unpaired) electrons. The Hall–Kier alpha value is -3.62. The summed E-state index contributed by atoms with van der Waals surface area (Å²) in [6.07, 6.45) is 0. The molecule has 0 aliphatic rings. The van der Waals surface area contributed by atoms with Gasteiger partial charge in [-0.25, -0.2) is 4.79 Å². The number of carbonyl (C=O) groups is 2. The lowest BCUT2D eigenvalue weighted by atomic mass is 10.2. The third kappa shape index (κ3) is 5.19. The van der Waals surface area contributed by atoms with Crippen molar-refractivity contribution in [1.29, 1.82) is 0 Å². The lowest BCUT2D eigenvalue weighted by Crippen LogP contribution is -2.31. The first-order valence-corrected chi connectivity index (χ1v) is 8.22. The lowest BCUT2D eigenvalue weighted by molar-refractivity contribution is -0.385. The maximum absolute atomic E-state index is 12.3.